The van der Waals surface area contributed by atoms with Crippen LogP contribution in [0, 0.1) is 11.8 Å². The number of nitrogens with one attached hydrogen (secondary N) is 3. The van der Waals surface area contributed by atoms with Gasteiger partial charge in [0, 0.05) is 18.9 Å². The van der Waals surface area contributed by atoms with Gasteiger partial charge in [0.15, 0.2) is 0 Å². The summed E-state index contributed by atoms with van der Waals surface area (Å²) in [5, 5.41) is 17.8. The number of aliphatic hydroxyl groups excluding tert-OH is 1. The highest BCUT2D eigenvalue weighted by molar-refractivity contribution is 7.86. The Bertz CT molecular complexity index is 1120. The quantitative estimate of drug-likeness (QED) is 0.223. The van der Waals surface area contributed by atoms with Gasteiger partial charge >= 0.3 is 6.09 Å². The molecule has 3 rings (SSSR count). The molecule has 3 amide bonds. The van der Waals surface area contributed by atoms with Gasteiger partial charge in [-0.2, -0.15) is 8.42 Å². The van der Waals surface area contributed by atoms with Gasteiger partial charge in [-0.1, -0.05) is 26.0 Å². The van der Waals surface area contributed by atoms with Gasteiger partial charge in [-0.25, -0.2) is 4.79 Å². The highest BCUT2D eigenvalue weighted by Crippen LogP contribution is 2.43. The van der Waals surface area contributed by atoms with Crippen molar-refractivity contribution in [3.8, 4) is 5.75 Å². The molecule has 0 aromatic heterocycles. The molecule has 38 heavy (non-hydrogen) atoms. The van der Waals surface area contributed by atoms with E-state index in [1.54, 1.807) is 7.11 Å². The van der Waals surface area contributed by atoms with E-state index in [4.69, 9.17) is 9.47 Å². The summed E-state index contributed by atoms with van der Waals surface area (Å²) < 4.78 is 43.6. The number of hydrogen-bond donors (Lipinski definition) is 5. The number of carbonyl (C=O) groups is 3. The first kappa shape index (κ1) is 29.7. The molecular weight excluding hydrogens is 518 g/mol. The lowest BCUT2D eigenvalue weighted by Crippen LogP contribution is -2.55. The van der Waals surface area contributed by atoms with Crippen LogP contribution in [-0.2, 0) is 30.9 Å². The van der Waals surface area contributed by atoms with Crippen molar-refractivity contribution in [1.82, 2.24) is 16.0 Å². The Balaban J connectivity index is 1.67. The summed E-state index contributed by atoms with van der Waals surface area (Å²) in [6.45, 7) is 4.06. The second kappa shape index (κ2) is 12.3. The fourth-order valence-electron chi connectivity index (χ4n) is 4.59. The molecule has 212 valence electrons. The molecule has 0 radical (unpaired) electrons. The topological polar surface area (TPSA) is 180 Å². The second-order valence-corrected chi connectivity index (χ2v) is 12.0. The number of rotatable bonds is 13. The lowest BCUT2D eigenvalue weighted by Gasteiger charge is -2.28. The van der Waals surface area contributed by atoms with E-state index in [1.165, 1.54) is 0 Å². The van der Waals surface area contributed by atoms with E-state index in [0.717, 1.165) is 5.56 Å². The van der Waals surface area contributed by atoms with Crippen molar-refractivity contribution < 1.29 is 41.9 Å². The van der Waals surface area contributed by atoms with Gasteiger partial charge < -0.3 is 30.5 Å². The average Bonchev–Trinajstić information content (AvgIpc) is 3.46. The molecule has 2 fully saturated rings. The monoisotopic (exact) mass is 555 g/mol. The zero-order chi connectivity index (χ0) is 28.1. The van der Waals surface area contributed by atoms with Crippen molar-refractivity contribution >= 4 is 28.0 Å². The SMILES string of the molecule is COc1cccc(CC2(OC(=O)NC(CC(C)C)C(=O)NC(C[C@@H]3CCNC3=O)C(O)S(=O)(=O)O)CC2)c1. The fraction of sp³-hybridized carbons (Fsp3) is 0.640. The maximum atomic E-state index is 13.2. The van der Waals surface area contributed by atoms with E-state index >= 15 is 0 Å². The molecule has 5 N–H and O–H groups in total. The number of carbonyl (C=O) groups excluding carboxylic acids is 3. The molecule has 3 unspecified atom stereocenters. The molecule has 1 aliphatic heterocycles. The lowest BCUT2D eigenvalue weighted by molar-refractivity contribution is -0.126. The first-order valence-corrected chi connectivity index (χ1v) is 14.2. The van der Waals surface area contributed by atoms with Crippen molar-refractivity contribution in [2.45, 2.75) is 75.5 Å². The number of hydrogen-bond acceptors (Lipinski definition) is 8. The zero-order valence-corrected chi connectivity index (χ0v) is 22.6. The Morgan fingerprint density at radius 2 is 1.95 bits per heavy atom. The summed E-state index contributed by atoms with van der Waals surface area (Å²) in [5.41, 5.74) is -2.11. The number of amides is 3. The number of benzene rings is 1. The van der Waals surface area contributed by atoms with Crippen LogP contribution in [0.15, 0.2) is 24.3 Å². The molecular formula is C25H37N3O9S. The van der Waals surface area contributed by atoms with E-state index in [1.807, 2.05) is 38.1 Å². The van der Waals surface area contributed by atoms with Crippen molar-refractivity contribution in [3.63, 3.8) is 0 Å². The second-order valence-electron chi connectivity index (χ2n) is 10.5. The Hall–Kier alpha value is -2.90. The van der Waals surface area contributed by atoms with Gasteiger partial charge in [0.1, 0.15) is 17.4 Å². The van der Waals surface area contributed by atoms with Crippen LogP contribution in [0.2, 0.25) is 0 Å². The van der Waals surface area contributed by atoms with Crippen LogP contribution in [0.4, 0.5) is 4.79 Å². The molecule has 1 aromatic rings. The molecule has 0 bridgehead atoms. The third-order valence-corrected chi connectivity index (χ3v) is 7.71. The minimum Gasteiger partial charge on any atom is -0.497 e. The molecule has 1 aliphatic carbocycles. The Morgan fingerprint density at radius 3 is 2.50 bits per heavy atom. The maximum Gasteiger partial charge on any atom is 0.408 e. The Morgan fingerprint density at radius 1 is 1.24 bits per heavy atom. The molecule has 0 spiro atoms. The summed E-state index contributed by atoms with van der Waals surface area (Å²) in [7, 11) is -3.37. The molecule has 12 nitrogen and oxygen atoms in total. The minimum absolute atomic E-state index is 0.0386. The lowest BCUT2D eigenvalue weighted by atomic mass is 9.97. The van der Waals surface area contributed by atoms with Gasteiger partial charge in [-0.05, 0) is 55.7 Å². The van der Waals surface area contributed by atoms with E-state index in [9.17, 15) is 32.5 Å². The molecule has 13 heteroatoms. The van der Waals surface area contributed by atoms with Gasteiger partial charge in [-0.15, -0.1) is 0 Å². The molecule has 1 heterocycles. The van der Waals surface area contributed by atoms with Crippen molar-refractivity contribution in [2.75, 3.05) is 13.7 Å². The number of aliphatic hydroxyl groups is 1. The van der Waals surface area contributed by atoms with Crippen molar-refractivity contribution in [1.29, 1.82) is 0 Å². The van der Waals surface area contributed by atoms with Gasteiger partial charge in [0.2, 0.25) is 17.3 Å². The van der Waals surface area contributed by atoms with E-state index < -0.39 is 51.2 Å². The van der Waals surface area contributed by atoms with Gasteiger partial charge in [-0.3, -0.25) is 14.1 Å². The number of ether oxygens (including phenoxy) is 2. The largest absolute Gasteiger partial charge is 0.497 e. The molecule has 1 aromatic carbocycles. The molecule has 1 saturated carbocycles. The van der Waals surface area contributed by atoms with Crippen LogP contribution in [0.1, 0.15) is 51.5 Å². The van der Waals surface area contributed by atoms with E-state index in [-0.39, 0.29) is 24.7 Å². The van der Waals surface area contributed by atoms with Crippen molar-refractivity contribution in [2.24, 2.45) is 11.8 Å². The minimum atomic E-state index is -4.94. The van der Waals surface area contributed by atoms with Gasteiger partial charge in [0.25, 0.3) is 10.1 Å². The normalized spacial score (nSPS) is 20.7. The van der Waals surface area contributed by atoms with E-state index in [2.05, 4.69) is 16.0 Å². The summed E-state index contributed by atoms with van der Waals surface area (Å²) in [5.74, 6) is -1.10. The summed E-state index contributed by atoms with van der Waals surface area (Å²) in [4.78, 5) is 38.0. The van der Waals surface area contributed by atoms with E-state index in [0.29, 0.717) is 38.0 Å². The maximum absolute atomic E-state index is 13.2. The predicted molar refractivity (Wildman–Crippen MR) is 137 cm³/mol. The zero-order valence-electron chi connectivity index (χ0n) is 21.8. The smallest absolute Gasteiger partial charge is 0.408 e. The highest BCUT2D eigenvalue weighted by atomic mass is 32.2. The summed E-state index contributed by atoms with van der Waals surface area (Å²) >= 11 is 0. The highest BCUT2D eigenvalue weighted by Gasteiger charge is 2.47. The number of methoxy groups -OCH3 is 1. The van der Waals surface area contributed by atoms with Crippen LogP contribution in [0.25, 0.3) is 0 Å². The molecule has 1 saturated heterocycles. The molecule has 4 atom stereocenters. The Labute approximate surface area is 222 Å². The fourth-order valence-corrected chi connectivity index (χ4v) is 5.19. The third-order valence-electron chi connectivity index (χ3n) is 6.77. The predicted octanol–water partition coefficient (Wildman–Crippen LogP) is 1.13. The summed E-state index contributed by atoms with van der Waals surface area (Å²) in [6.07, 6.45) is 1.37. The van der Waals surface area contributed by atoms with Gasteiger partial charge in [0.05, 0.1) is 13.2 Å². The Kier molecular flexibility index (Phi) is 9.60. The molecule has 2 aliphatic rings. The van der Waals surface area contributed by atoms with Crippen molar-refractivity contribution in [3.05, 3.63) is 29.8 Å². The van der Waals surface area contributed by atoms with Crippen LogP contribution in [0.5, 0.6) is 5.75 Å². The van der Waals surface area contributed by atoms with Crippen LogP contribution >= 0.6 is 0 Å². The average molecular weight is 556 g/mol. The third kappa shape index (κ3) is 8.30. The first-order chi connectivity index (χ1) is 17.8. The first-order valence-electron chi connectivity index (χ1n) is 12.7. The van der Waals surface area contributed by atoms with Crippen LogP contribution < -0.4 is 20.7 Å². The van der Waals surface area contributed by atoms with Crippen LogP contribution in [0.3, 0.4) is 0 Å². The van der Waals surface area contributed by atoms with Crippen LogP contribution in [-0.4, -0.2) is 72.8 Å². The standard InChI is InChI=1S/C25H37N3O9S/c1-15(2)11-19(22(30)27-20(23(31)38(33,34)35)13-17-7-10-26-21(17)29)28-24(32)37-25(8-9-25)14-16-5-4-6-18(12-16)36-3/h4-6,12,15,17,19-20,23,31H,7-11,13-14H2,1-3H3,(H,26,29)(H,27,30)(H,28,32)(H,33,34,35)/t17-,19?,20?,23?/m0/s1. The number of alkyl carbamates (subject to hydrolysis) is 1. The summed E-state index contributed by atoms with van der Waals surface area (Å²) in [6, 6.07) is 4.85.